The zero-order chi connectivity index (χ0) is 15.1. The lowest BCUT2D eigenvalue weighted by Gasteiger charge is -2.43. The molecule has 1 saturated carbocycles. The highest BCUT2D eigenvalue weighted by Crippen LogP contribution is 2.41. The molecule has 6 heteroatoms. The van der Waals surface area contributed by atoms with E-state index in [-0.39, 0.29) is 11.8 Å². The predicted octanol–water partition coefficient (Wildman–Crippen LogP) is 0.286. The summed E-state index contributed by atoms with van der Waals surface area (Å²) in [4.78, 5) is 31.6. The fraction of sp³-hybridized carbons (Fsp3) is 0.800. The predicted molar refractivity (Wildman–Crippen MR) is 80.0 cm³/mol. The first-order valence-electron chi connectivity index (χ1n) is 7.88. The third-order valence-electron chi connectivity index (χ3n) is 5.23. The molecular weight excluding hydrogens is 268 g/mol. The van der Waals surface area contributed by atoms with Gasteiger partial charge in [-0.15, -0.1) is 0 Å². The number of nitrogens with zero attached hydrogens (tertiary/aromatic N) is 2. The largest absolute Gasteiger partial charge is 0.314 e. The summed E-state index contributed by atoms with van der Waals surface area (Å²) in [7, 11) is 0. The van der Waals surface area contributed by atoms with E-state index in [1.165, 1.54) is 0 Å². The number of hydrogen-bond acceptors (Lipinski definition) is 4. The van der Waals surface area contributed by atoms with Crippen molar-refractivity contribution in [3.8, 4) is 0 Å². The molecule has 1 aliphatic carbocycles. The van der Waals surface area contributed by atoms with Gasteiger partial charge in [-0.05, 0) is 26.7 Å². The number of piperazine rings is 1. The van der Waals surface area contributed by atoms with Crippen molar-refractivity contribution in [3.05, 3.63) is 0 Å². The Kier molecular flexibility index (Phi) is 3.61. The van der Waals surface area contributed by atoms with Gasteiger partial charge in [0.2, 0.25) is 5.91 Å². The van der Waals surface area contributed by atoms with E-state index < -0.39 is 11.0 Å². The van der Waals surface area contributed by atoms with Gasteiger partial charge in [-0.1, -0.05) is 12.8 Å². The molecule has 21 heavy (non-hydrogen) atoms. The molecule has 0 bridgehead atoms. The van der Waals surface area contributed by atoms with E-state index in [0.717, 1.165) is 39.0 Å². The van der Waals surface area contributed by atoms with Crippen LogP contribution in [0.5, 0.6) is 0 Å². The first-order chi connectivity index (χ1) is 9.97. The molecule has 1 saturated heterocycles. The summed E-state index contributed by atoms with van der Waals surface area (Å²) < 4.78 is 0. The van der Waals surface area contributed by atoms with Gasteiger partial charge in [0.15, 0.2) is 0 Å². The van der Waals surface area contributed by atoms with Crippen molar-refractivity contribution in [2.45, 2.75) is 45.1 Å². The van der Waals surface area contributed by atoms with Gasteiger partial charge in [0.25, 0.3) is 5.91 Å². The van der Waals surface area contributed by atoms with Crippen molar-refractivity contribution in [1.29, 1.82) is 0 Å². The van der Waals surface area contributed by atoms with Crippen LogP contribution in [0, 0.1) is 5.41 Å². The fourth-order valence-corrected chi connectivity index (χ4v) is 3.64. The van der Waals surface area contributed by atoms with Crippen LogP contribution < -0.4 is 10.6 Å². The monoisotopic (exact) mass is 292 g/mol. The molecule has 2 amide bonds. The van der Waals surface area contributed by atoms with Crippen LogP contribution in [-0.2, 0) is 9.59 Å². The lowest BCUT2D eigenvalue weighted by atomic mass is 9.82. The minimum atomic E-state index is -0.872. The maximum absolute atomic E-state index is 12.5. The number of rotatable bonds is 2. The Morgan fingerprint density at radius 3 is 2.33 bits per heavy atom. The Morgan fingerprint density at radius 2 is 1.76 bits per heavy atom. The number of carbonyl (C=O) groups excluding carboxylic acids is 2. The van der Waals surface area contributed by atoms with Crippen molar-refractivity contribution in [2.75, 3.05) is 26.2 Å². The summed E-state index contributed by atoms with van der Waals surface area (Å²) in [6.07, 6.45) is 3.15. The second kappa shape index (κ2) is 5.18. The highest BCUT2D eigenvalue weighted by Gasteiger charge is 2.52. The summed E-state index contributed by atoms with van der Waals surface area (Å²) in [5, 5.41) is 6.26. The number of hydrogen-bond donors (Lipinski definition) is 2. The molecule has 116 valence electrons. The van der Waals surface area contributed by atoms with Gasteiger partial charge in [0, 0.05) is 26.2 Å². The lowest BCUT2D eigenvalue weighted by Crippen LogP contribution is -2.64. The Morgan fingerprint density at radius 1 is 1.14 bits per heavy atom. The molecule has 2 fully saturated rings. The third-order valence-corrected chi connectivity index (χ3v) is 5.23. The molecule has 3 rings (SSSR count). The summed E-state index contributed by atoms with van der Waals surface area (Å²) in [5.74, 6) is 0.136. The quantitative estimate of drug-likeness (QED) is 0.717. The molecule has 1 spiro atoms. The minimum Gasteiger partial charge on any atom is -0.314 e. The van der Waals surface area contributed by atoms with Crippen molar-refractivity contribution < 1.29 is 9.59 Å². The second-order valence-electron chi connectivity index (χ2n) is 6.80. The zero-order valence-corrected chi connectivity index (χ0v) is 12.9. The molecule has 0 aromatic carbocycles. The van der Waals surface area contributed by atoms with Gasteiger partial charge in [0.1, 0.15) is 11.3 Å². The molecule has 0 radical (unpaired) electrons. The number of aliphatic imine (C=N–C) groups is 1. The summed E-state index contributed by atoms with van der Waals surface area (Å²) in [6.45, 7) is 7.67. The Balaban J connectivity index is 1.86. The van der Waals surface area contributed by atoms with Gasteiger partial charge < -0.3 is 10.6 Å². The van der Waals surface area contributed by atoms with Crippen LogP contribution in [0.3, 0.4) is 0 Å². The average Bonchev–Trinajstić information content (AvgIpc) is 2.96. The molecule has 6 nitrogen and oxygen atoms in total. The minimum absolute atomic E-state index is 0.141. The van der Waals surface area contributed by atoms with Crippen molar-refractivity contribution in [1.82, 2.24) is 15.5 Å². The second-order valence-corrected chi connectivity index (χ2v) is 6.80. The first kappa shape index (κ1) is 14.7. The molecule has 0 unspecified atom stereocenters. The van der Waals surface area contributed by atoms with E-state index in [1.54, 1.807) is 0 Å². The summed E-state index contributed by atoms with van der Waals surface area (Å²) in [6, 6.07) is 0. The van der Waals surface area contributed by atoms with E-state index in [9.17, 15) is 9.59 Å². The van der Waals surface area contributed by atoms with Crippen molar-refractivity contribution in [3.63, 3.8) is 0 Å². The molecular formula is C15H24N4O2. The zero-order valence-electron chi connectivity index (χ0n) is 12.9. The van der Waals surface area contributed by atoms with Crippen LogP contribution in [0.2, 0.25) is 0 Å². The van der Waals surface area contributed by atoms with Crippen molar-refractivity contribution >= 4 is 17.6 Å². The summed E-state index contributed by atoms with van der Waals surface area (Å²) >= 11 is 0. The molecule has 2 heterocycles. The maximum atomic E-state index is 12.5. The fourth-order valence-electron chi connectivity index (χ4n) is 3.64. The normalized spacial score (nSPS) is 26.9. The Hall–Kier alpha value is -1.27. The topological polar surface area (TPSA) is 73.8 Å². The smallest absolute Gasteiger partial charge is 0.263 e. The molecule has 3 aliphatic rings. The number of carbonyl (C=O) groups is 2. The van der Waals surface area contributed by atoms with Crippen LogP contribution in [0.4, 0.5) is 0 Å². The van der Waals surface area contributed by atoms with E-state index in [2.05, 4.69) is 20.5 Å². The Bertz CT molecular complexity index is 486. The number of amidine groups is 1. The first-order valence-corrected chi connectivity index (χ1v) is 7.88. The average molecular weight is 292 g/mol. The maximum Gasteiger partial charge on any atom is 0.263 e. The highest BCUT2D eigenvalue weighted by molar-refractivity contribution is 6.20. The third kappa shape index (κ3) is 2.30. The van der Waals surface area contributed by atoms with Gasteiger partial charge in [0.05, 0.1) is 5.54 Å². The van der Waals surface area contributed by atoms with E-state index in [0.29, 0.717) is 18.7 Å². The van der Waals surface area contributed by atoms with Gasteiger partial charge in [-0.25, -0.2) is 0 Å². The van der Waals surface area contributed by atoms with Crippen LogP contribution in [0.1, 0.15) is 39.5 Å². The number of nitrogens with one attached hydrogen (secondary N) is 2. The van der Waals surface area contributed by atoms with Crippen LogP contribution >= 0.6 is 0 Å². The van der Waals surface area contributed by atoms with Crippen molar-refractivity contribution in [2.24, 2.45) is 10.4 Å². The molecule has 0 aromatic rings. The summed E-state index contributed by atoms with van der Waals surface area (Å²) in [5.41, 5.74) is -1.29. The van der Waals surface area contributed by atoms with Gasteiger partial charge >= 0.3 is 0 Å². The van der Waals surface area contributed by atoms with E-state index in [1.807, 2.05) is 13.8 Å². The molecule has 2 N–H and O–H groups in total. The lowest BCUT2D eigenvalue weighted by molar-refractivity contribution is -0.141. The highest BCUT2D eigenvalue weighted by atomic mass is 16.2. The number of amides is 2. The SMILES string of the molecule is CC(C)(C1=NC(=O)C2(CCCC2)C(=O)N1)N1CCNCC1. The molecule has 2 aliphatic heterocycles. The molecule has 0 atom stereocenters. The van der Waals surface area contributed by atoms with Crippen LogP contribution in [-0.4, -0.2) is 54.3 Å². The standard InChI is InChI=1S/C15H24N4O2/c1-14(2,19-9-7-16-8-10-19)11-17-12(20)15(13(21)18-11)5-3-4-6-15/h16H,3-10H2,1-2H3,(H,17,18,20,21). The van der Waals surface area contributed by atoms with Crippen LogP contribution in [0.25, 0.3) is 0 Å². The van der Waals surface area contributed by atoms with E-state index >= 15 is 0 Å². The molecule has 0 aromatic heterocycles. The van der Waals surface area contributed by atoms with E-state index in [4.69, 9.17) is 0 Å². The Labute approximate surface area is 125 Å². The van der Waals surface area contributed by atoms with Gasteiger partial charge in [-0.2, -0.15) is 4.99 Å². The van der Waals surface area contributed by atoms with Gasteiger partial charge in [-0.3, -0.25) is 14.5 Å². The van der Waals surface area contributed by atoms with Crippen LogP contribution in [0.15, 0.2) is 4.99 Å².